The number of imidazole rings is 1. The minimum Gasteiger partial charge on any atom is -0.342 e. The van der Waals surface area contributed by atoms with E-state index in [1.54, 1.807) is 11.5 Å². The molecule has 5 rings (SSSR count). The summed E-state index contributed by atoms with van der Waals surface area (Å²) in [6.45, 7) is 0.663. The van der Waals surface area contributed by atoms with E-state index in [9.17, 15) is 18.0 Å². The van der Waals surface area contributed by atoms with Crippen LogP contribution in [0.1, 0.15) is 28.7 Å². The van der Waals surface area contributed by atoms with Crippen molar-refractivity contribution in [3.05, 3.63) is 96.1 Å². The van der Waals surface area contributed by atoms with Crippen molar-refractivity contribution in [3.63, 3.8) is 0 Å². The van der Waals surface area contributed by atoms with Gasteiger partial charge in [0.05, 0.1) is 12.0 Å². The lowest BCUT2D eigenvalue weighted by Crippen LogP contribution is -2.35. The van der Waals surface area contributed by atoms with E-state index in [2.05, 4.69) is 31.7 Å². The van der Waals surface area contributed by atoms with Crippen molar-refractivity contribution >= 4 is 5.91 Å². The number of alkyl halides is 3. The van der Waals surface area contributed by atoms with Gasteiger partial charge in [-0.1, -0.05) is 67.6 Å². The van der Waals surface area contributed by atoms with Crippen LogP contribution in [0.2, 0.25) is 0 Å². The van der Waals surface area contributed by atoms with Crippen molar-refractivity contribution < 1.29 is 18.0 Å². The van der Waals surface area contributed by atoms with Crippen LogP contribution in [0.25, 0.3) is 33.6 Å². The number of hydrogen-bond acceptors (Lipinski definition) is 5. The minimum atomic E-state index is -4.50. The molecule has 2 N–H and O–H groups in total. The number of halogens is 3. The molecule has 8 nitrogen and oxygen atoms in total. The molecule has 0 unspecified atom stereocenters. The van der Waals surface area contributed by atoms with Gasteiger partial charge in [0.25, 0.3) is 5.91 Å². The highest BCUT2D eigenvalue weighted by atomic mass is 19.4. The zero-order chi connectivity index (χ0) is 27.4. The van der Waals surface area contributed by atoms with Crippen molar-refractivity contribution in [2.45, 2.75) is 26.1 Å². The standard InChI is InChI=1S/C28H24F3N7O/c1-2-24-25(27(39)32-16-28(29,30)31)38(17-33-24)15-18-8-10-20(11-9-18)23-14-21(19-6-4-3-5-7-19)12-13-22(23)26-34-36-37-35-26/h3-14,17H,2,15-16H2,1H3,(H,32,39)(H,34,35,36,37). The molecule has 0 bridgehead atoms. The van der Waals surface area contributed by atoms with Crippen LogP contribution < -0.4 is 5.32 Å². The molecule has 0 spiro atoms. The molecule has 0 radical (unpaired) electrons. The van der Waals surface area contributed by atoms with Gasteiger partial charge in [-0.2, -0.15) is 18.4 Å². The number of aromatic amines is 1. The summed E-state index contributed by atoms with van der Waals surface area (Å²) in [6.07, 6.45) is -2.61. The molecule has 198 valence electrons. The van der Waals surface area contributed by atoms with Crippen molar-refractivity contribution in [2.24, 2.45) is 0 Å². The fourth-order valence-electron chi connectivity index (χ4n) is 4.38. The number of tetrazole rings is 1. The Labute approximate surface area is 221 Å². The topological polar surface area (TPSA) is 101 Å². The predicted octanol–water partition coefficient (Wildman–Crippen LogP) is 5.30. The van der Waals surface area contributed by atoms with Crippen LogP contribution in [0.5, 0.6) is 0 Å². The van der Waals surface area contributed by atoms with Crippen LogP contribution >= 0.6 is 0 Å². The van der Waals surface area contributed by atoms with Gasteiger partial charge in [-0.25, -0.2) is 4.98 Å². The Bertz CT molecular complexity index is 1560. The number of aryl methyl sites for hydroxylation is 1. The van der Waals surface area contributed by atoms with E-state index in [4.69, 9.17) is 0 Å². The molecule has 0 aliphatic rings. The zero-order valence-electron chi connectivity index (χ0n) is 20.9. The quantitative estimate of drug-likeness (QED) is 0.283. The molecule has 0 saturated carbocycles. The van der Waals surface area contributed by atoms with Gasteiger partial charge in [-0.3, -0.25) is 4.79 Å². The Morgan fingerprint density at radius 1 is 0.949 bits per heavy atom. The largest absolute Gasteiger partial charge is 0.405 e. The van der Waals surface area contributed by atoms with E-state index in [0.29, 0.717) is 17.9 Å². The molecule has 3 aromatic carbocycles. The monoisotopic (exact) mass is 531 g/mol. The number of carbonyl (C=O) groups excluding carboxylic acids is 1. The highest BCUT2D eigenvalue weighted by Crippen LogP contribution is 2.34. The lowest BCUT2D eigenvalue weighted by molar-refractivity contribution is -0.123. The second-order valence-electron chi connectivity index (χ2n) is 8.88. The second kappa shape index (κ2) is 10.9. The zero-order valence-corrected chi connectivity index (χ0v) is 20.9. The van der Waals surface area contributed by atoms with Crippen molar-refractivity contribution in [2.75, 3.05) is 6.54 Å². The number of nitrogens with one attached hydrogen (secondary N) is 2. The van der Waals surface area contributed by atoms with Gasteiger partial charge in [-0.15, -0.1) is 10.2 Å². The first-order valence-electron chi connectivity index (χ1n) is 12.2. The number of carbonyl (C=O) groups is 1. The van der Waals surface area contributed by atoms with Crippen LogP contribution in [0.4, 0.5) is 13.2 Å². The summed E-state index contributed by atoms with van der Waals surface area (Å²) in [5, 5.41) is 16.4. The summed E-state index contributed by atoms with van der Waals surface area (Å²) in [4.78, 5) is 16.8. The van der Waals surface area contributed by atoms with Gasteiger partial charge >= 0.3 is 6.18 Å². The van der Waals surface area contributed by atoms with E-state index in [1.807, 2.05) is 72.0 Å². The number of H-pyrrole nitrogens is 1. The highest BCUT2D eigenvalue weighted by Gasteiger charge is 2.29. The number of benzene rings is 3. The first-order chi connectivity index (χ1) is 18.8. The molecule has 5 aromatic rings. The van der Waals surface area contributed by atoms with Crippen molar-refractivity contribution in [1.29, 1.82) is 0 Å². The van der Waals surface area contributed by atoms with E-state index in [0.717, 1.165) is 33.4 Å². The molecule has 0 aliphatic carbocycles. The summed E-state index contributed by atoms with van der Waals surface area (Å²) >= 11 is 0. The SMILES string of the molecule is CCc1ncn(Cc2ccc(-c3cc(-c4ccccc4)ccc3-c3nn[nH]n3)cc2)c1C(=O)NCC(F)(F)F. The summed E-state index contributed by atoms with van der Waals surface area (Å²) in [5.74, 6) is -0.338. The van der Waals surface area contributed by atoms with Gasteiger partial charge in [-0.05, 0) is 51.6 Å². The Kier molecular flexibility index (Phi) is 7.22. The van der Waals surface area contributed by atoms with E-state index in [1.165, 1.54) is 6.33 Å². The molecular formula is C28H24F3N7O. The average molecular weight is 532 g/mol. The number of rotatable bonds is 8. The minimum absolute atomic E-state index is 0.126. The van der Waals surface area contributed by atoms with E-state index in [-0.39, 0.29) is 12.2 Å². The second-order valence-corrected chi connectivity index (χ2v) is 8.88. The van der Waals surface area contributed by atoms with Gasteiger partial charge in [0.2, 0.25) is 5.82 Å². The Balaban J connectivity index is 1.44. The summed E-state index contributed by atoms with van der Waals surface area (Å²) in [5.41, 5.74) is 6.15. The van der Waals surface area contributed by atoms with Crippen LogP contribution in [-0.2, 0) is 13.0 Å². The van der Waals surface area contributed by atoms with Crippen LogP contribution in [0.15, 0.2) is 79.1 Å². The first-order valence-corrected chi connectivity index (χ1v) is 12.2. The van der Waals surface area contributed by atoms with Gasteiger partial charge in [0.1, 0.15) is 12.2 Å². The van der Waals surface area contributed by atoms with Crippen molar-refractivity contribution in [1.82, 2.24) is 35.5 Å². The molecule has 0 aliphatic heterocycles. The van der Waals surface area contributed by atoms with E-state index >= 15 is 0 Å². The van der Waals surface area contributed by atoms with Gasteiger partial charge in [0, 0.05) is 12.1 Å². The maximum Gasteiger partial charge on any atom is 0.405 e. The fourth-order valence-corrected chi connectivity index (χ4v) is 4.38. The third-order valence-corrected chi connectivity index (χ3v) is 6.24. The molecule has 39 heavy (non-hydrogen) atoms. The van der Waals surface area contributed by atoms with Gasteiger partial charge in [0.15, 0.2) is 0 Å². The number of aromatic nitrogens is 6. The molecule has 0 fully saturated rings. The third-order valence-electron chi connectivity index (χ3n) is 6.24. The van der Waals surface area contributed by atoms with Gasteiger partial charge < -0.3 is 9.88 Å². The Hall–Kier alpha value is -4.80. The van der Waals surface area contributed by atoms with E-state index < -0.39 is 18.6 Å². The summed E-state index contributed by atoms with van der Waals surface area (Å²) < 4.78 is 39.5. The molecule has 0 atom stereocenters. The fraction of sp³-hybridized carbons (Fsp3) is 0.179. The molecule has 2 aromatic heterocycles. The first kappa shape index (κ1) is 25.8. The molecular weight excluding hydrogens is 507 g/mol. The lowest BCUT2D eigenvalue weighted by Gasteiger charge is -2.13. The normalized spacial score (nSPS) is 11.5. The molecule has 2 heterocycles. The highest BCUT2D eigenvalue weighted by molar-refractivity contribution is 5.93. The summed E-state index contributed by atoms with van der Waals surface area (Å²) in [6, 6.07) is 23.8. The maximum atomic E-state index is 12.7. The lowest BCUT2D eigenvalue weighted by atomic mass is 9.93. The summed E-state index contributed by atoms with van der Waals surface area (Å²) in [7, 11) is 0. The average Bonchev–Trinajstić information content (AvgIpc) is 3.62. The predicted molar refractivity (Wildman–Crippen MR) is 140 cm³/mol. The smallest absolute Gasteiger partial charge is 0.342 e. The molecule has 1 amide bonds. The van der Waals surface area contributed by atoms with Crippen LogP contribution in [0.3, 0.4) is 0 Å². The van der Waals surface area contributed by atoms with Crippen LogP contribution in [-0.4, -0.2) is 48.8 Å². The number of nitrogens with zero attached hydrogens (tertiary/aromatic N) is 5. The van der Waals surface area contributed by atoms with Crippen LogP contribution in [0, 0.1) is 0 Å². The third kappa shape index (κ3) is 5.87. The Morgan fingerprint density at radius 2 is 1.69 bits per heavy atom. The molecule has 0 saturated heterocycles. The Morgan fingerprint density at radius 3 is 2.36 bits per heavy atom. The molecule has 11 heteroatoms. The van der Waals surface area contributed by atoms with Crippen molar-refractivity contribution in [3.8, 4) is 33.6 Å². The maximum absolute atomic E-state index is 12.7. The number of hydrogen-bond donors (Lipinski definition) is 2. The number of amides is 1.